The first-order chi connectivity index (χ1) is 18.7. The highest BCUT2D eigenvalue weighted by Gasteiger charge is 2.28. The standard InChI is InChI=1S/C28H33N3O7S/c1-7-23(20-10-14-24(35-3)26(16-20)37-5)29-30-28(32)18-31(21-11-15-25(36-4)27(17-21)38-6)39(33,34)22-12-8-19(2)9-13-22/h8-17H,7,18H2,1-6H3,(H,30,32)/b29-23+. The van der Waals surface area contributed by atoms with E-state index in [4.69, 9.17) is 18.9 Å². The van der Waals surface area contributed by atoms with Gasteiger partial charge in [-0.2, -0.15) is 5.10 Å². The fraction of sp³-hybridized carbons (Fsp3) is 0.286. The van der Waals surface area contributed by atoms with Crippen molar-refractivity contribution in [1.29, 1.82) is 0 Å². The lowest BCUT2D eigenvalue weighted by atomic mass is 10.1. The van der Waals surface area contributed by atoms with Crippen molar-refractivity contribution in [2.75, 3.05) is 39.3 Å². The maximum Gasteiger partial charge on any atom is 0.264 e. The Morgan fingerprint density at radius 3 is 1.95 bits per heavy atom. The fourth-order valence-electron chi connectivity index (χ4n) is 3.79. The van der Waals surface area contributed by atoms with Crippen LogP contribution in [0.2, 0.25) is 0 Å². The molecule has 0 aliphatic heterocycles. The van der Waals surface area contributed by atoms with Crippen molar-refractivity contribution in [3.63, 3.8) is 0 Å². The molecule has 0 aliphatic rings. The number of anilines is 1. The number of hydrogen-bond donors (Lipinski definition) is 1. The molecule has 0 spiro atoms. The molecule has 0 radical (unpaired) electrons. The highest BCUT2D eigenvalue weighted by Crippen LogP contribution is 2.34. The number of hydrazone groups is 1. The lowest BCUT2D eigenvalue weighted by Gasteiger charge is -2.24. The number of sulfonamides is 1. The van der Waals surface area contributed by atoms with Gasteiger partial charge in [0.2, 0.25) is 0 Å². The molecular formula is C28H33N3O7S. The van der Waals surface area contributed by atoms with Crippen LogP contribution in [0.5, 0.6) is 23.0 Å². The molecule has 39 heavy (non-hydrogen) atoms. The summed E-state index contributed by atoms with van der Waals surface area (Å²) in [6, 6.07) is 16.3. The predicted molar refractivity (Wildman–Crippen MR) is 150 cm³/mol. The minimum Gasteiger partial charge on any atom is -0.493 e. The van der Waals surface area contributed by atoms with Crippen molar-refractivity contribution < 1.29 is 32.2 Å². The zero-order chi connectivity index (χ0) is 28.6. The third kappa shape index (κ3) is 6.80. The normalized spacial score (nSPS) is 11.5. The van der Waals surface area contributed by atoms with Crippen LogP contribution in [0.15, 0.2) is 70.7 Å². The zero-order valence-corrected chi connectivity index (χ0v) is 23.7. The van der Waals surface area contributed by atoms with E-state index in [0.29, 0.717) is 35.1 Å². The van der Waals surface area contributed by atoms with Gasteiger partial charge in [-0.15, -0.1) is 0 Å². The zero-order valence-electron chi connectivity index (χ0n) is 22.8. The number of ether oxygens (including phenoxy) is 4. The second-order valence-corrected chi connectivity index (χ2v) is 10.2. The summed E-state index contributed by atoms with van der Waals surface area (Å²) in [6.45, 7) is 3.22. The Kier molecular flexibility index (Phi) is 9.78. The summed E-state index contributed by atoms with van der Waals surface area (Å²) in [6.07, 6.45) is 0.497. The molecule has 0 bridgehead atoms. The van der Waals surface area contributed by atoms with E-state index >= 15 is 0 Å². The molecular weight excluding hydrogens is 522 g/mol. The first-order valence-electron chi connectivity index (χ1n) is 12.1. The van der Waals surface area contributed by atoms with E-state index in [1.165, 1.54) is 39.5 Å². The minimum absolute atomic E-state index is 0.0405. The summed E-state index contributed by atoms with van der Waals surface area (Å²) < 4.78 is 49.7. The summed E-state index contributed by atoms with van der Waals surface area (Å²) >= 11 is 0. The van der Waals surface area contributed by atoms with Gasteiger partial charge in [-0.05, 0) is 55.8 Å². The van der Waals surface area contributed by atoms with Crippen molar-refractivity contribution in [2.45, 2.75) is 25.2 Å². The van der Waals surface area contributed by atoms with E-state index in [1.807, 2.05) is 13.8 Å². The third-order valence-corrected chi connectivity index (χ3v) is 7.71. The number of benzene rings is 3. The van der Waals surface area contributed by atoms with Gasteiger partial charge in [0.15, 0.2) is 23.0 Å². The molecule has 0 aliphatic carbocycles. The highest BCUT2D eigenvalue weighted by atomic mass is 32.2. The van der Waals surface area contributed by atoms with Crippen LogP contribution in [0.4, 0.5) is 5.69 Å². The Balaban J connectivity index is 1.95. The monoisotopic (exact) mass is 555 g/mol. The Morgan fingerprint density at radius 1 is 0.821 bits per heavy atom. The highest BCUT2D eigenvalue weighted by molar-refractivity contribution is 7.92. The molecule has 3 aromatic rings. The van der Waals surface area contributed by atoms with Gasteiger partial charge >= 0.3 is 0 Å². The molecule has 1 N–H and O–H groups in total. The first kappa shape index (κ1) is 29.3. The van der Waals surface area contributed by atoms with Gasteiger partial charge in [-0.1, -0.05) is 24.6 Å². The van der Waals surface area contributed by atoms with Crippen molar-refractivity contribution in [3.05, 3.63) is 71.8 Å². The van der Waals surface area contributed by atoms with Crippen molar-refractivity contribution in [3.8, 4) is 23.0 Å². The van der Waals surface area contributed by atoms with Crippen LogP contribution >= 0.6 is 0 Å². The van der Waals surface area contributed by atoms with Gasteiger partial charge < -0.3 is 18.9 Å². The molecule has 0 saturated carbocycles. The largest absolute Gasteiger partial charge is 0.493 e. The summed E-state index contributed by atoms with van der Waals surface area (Å²) in [5.74, 6) is 1.19. The summed E-state index contributed by atoms with van der Waals surface area (Å²) in [7, 11) is 1.87. The molecule has 0 aromatic heterocycles. The van der Waals surface area contributed by atoms with Gasteiger partial charge in [0, 0.05) is 11.6 Å². The smallest absolute Gasteiger partial charge is 0.264 e. The molecule has 1 amide bonds. The maximum atomic E-state index is 13.7. The Morgan fingerprint density at radius 2 is 1.38 bits per heavy atom. The average Bonchev–Trinajstić information content (AvgIpc) is 2.95. The van der Waals surface area contributed by atoms with Crippen molar-refractivity contribution in [1.82, 2.24) is 5.43 Å². The number of carbonyl (C=O) groups is 1. The molecule has 3 rings (SSSR count). The van der Waals surface area contributed by atoms with E-state index in [-0.39, 0.29) is 10.6 Å². The predicted octanol–water partition coefficient (Wildman–Crippen LogP) is 4.16. The average molecular weight is 556 g/mol. The molecule has 3 aromatic carbocycles. The molecule has 0 fully saturated rings. The van der Waals surface area contributed by atoms with Crippen LogP contribution in [-0.2, 0) is 14.8 Å². The minimum atomic E-state index is -4.13. The molecule has 0 atom stereocenters. The number of carbonyl (C=O) groups excluding carboxylic acids is 1. The SMILES string of the molecule is CC/C(=N\NC(=O)CN(c1ccc(OC)c(OC)c1)S(=O)(=O)c1ccc(C)cc1)c1ccc(OC)c(OC)c1. The van der Waals surface area contributed by atoms with Crippen LogP contribution < -0.4 is 28.7 Å². The van der Waals surface area contributed by atoms with Gasteiger partial charge in [0.05, 0.1) is 44.7 Å². The first-order valence-corrected chi connectivity index (χ1v) is 13.5. The van der Waals surface area contributed by atoms with Crippen LogP contribution in [0.25, 0.3) is 0 Å². The topological polar surface area (TPSA) is 116 Å². The molecule has 0 unspecified atom stereocenters. The second-order valence-electron chi connectivity index (χ2n) is 8.38. The van der Waals surface area contributed by atoms with Gasteiger partial charge in [-0.3, -0.25) is 9.10 Å². The van der Waals surface area contributed by atoms with Gasteiger partial charge in [0.1, 0.15) is 6.54 Å². The van der Waals surface area contributed by atoms with E-state index in [1.54, 1.807) is 49.6 Å². The number of amides is 1. The quantitative estimate of drug-likeness (QED) is 0.264. The number of aryl methyl sites for hydroxylation is 1. The third-order valence-electron chi connectivity index (χ3n) is 5.92. The van der Waals surface area contributed by atoms with E-state index in [9.17, 15) is 13.2 Å². The fourth-order valence-corrected chi connectivity index (χ4v) is 5.20. The molecule has 11 heteroatoms. The van der Waals surface area contributed by atoms with Crippen molar-refractivity contribution >= 4 is 27.3 Å². The van der Waals surface area contributed by atoms with Crippen LogP contribution in [0.1, 0.15) is 24.5 Å². The molecule has 208 valence electrons. The van der Waals surface area contributed by atoms with Gasteiger partial charge in [0.25, 0.3) is 15.9 Å². The second kappa shape index (κ2) is 13.0. The van der Waals surface area contributed by atoms with E-state index in [2.05, 4.69) is 10.5 Å². The summed E-state index contributed by atoms with van der Waals surface area (Å²) in [4.78, 5) is 13.1. The van der Waals surface area contributed by atoms with Crippen molar-refractivity contribution in [2.24, 2.45) is 5.10 Å². The molecule has 10 nitrogen and oxygen atoms in total. The Hall–Kier alpha value is -4.25. The Bertz CT molecular complexity index is 1440. The van der Waals surface area contributed by atoms with Crippen LogP contribution in [0.3, 0.4) is 0 Å². The Labute approximate surface area is 229 Å². The van der Waals surface area contributed by atoms with Crippen LogP contribution in [-0.4, -0.2) is 55.0 Å². The van der Waals surface area contributed by atoms with Crippen LogP contribution in [0, 0.1) is 6.92 Å². The number of methoxy groups -OCH3 is 4. The summed E-state index contributed by atoms with van der Waals surface area (Å²) in [5, 5.41) is 4.27. The lowest BCUT2D eigenvalue weighted by Crippen LogP contribution is -2.39. The van der Waals surface area contributed by atoms with E-state index < -0.39 is 22.5 Å². The van der Waals surface area contributed by atoms with Gasteiger partial charge in [-0.25, -0.2) is 13.8 Å². The lowest BCUT2D eigenvalue weighted by molar-refractivity contribution is -0.119. The number of nitrogens with zero attached hydrogens (tertiary/aromatic N) is 2. The molecule has 0 heterocycles. The number of nitrogens with one attached hydrogen (secondary N) is 1. The molecule has 0 saturated heterocycles. The number of rotatable bonds is 12. The number of hydrogen-bond acceptors (Lipinski definition) is 8. The van der Waals surface area contributed by atoms with E-state index in [0.717, 1.165) is 15.4 Å². The maximum absolute atomic E-state index is 13.7. The summed E-state index contributed by atoms with van der Waals surface area (Å²) in [5.41, 5.74) is 4.92.